The summed E-state index contributed by atoms with van der Waals surface area (Å²) in [7, 11) is 1.60. The average Bonchev–Trinajstić information content (AvgIpc) is 2.46. The smallest absolute Gasteiger partial charge is 0.392 e. The molecular formula is C15H21F3N2O. The van der Waals surface area contributed by atoms with E-state index in [0.29, 0.717) is 19.6 Å². The van der Waals surface area contributed by atoms with E-state index in [9.17, 15) is 13.2 Å². The van der Waals surface area contributed by atoms with Crippen molar-refractivity contribution in [1.82, 2.24) is 4.90 Å². The maximum absolute atomic E-state index is 12.9. The lowest BCUT2D eigenvalue weighted by Crippen LogP contribution is -2.47. The zero-order valence-electron chi connectivity index (χ0n) is 12.1. The lowest BCUT2D eigenvalue weighted by Gasteiger charge is -2.38. The molecule has 118 valence electrons. The van der Waals surface area contributed by atoms with Crippen LogP contribution in [0.2, 0.25) is 0 Å². The van der Waals surface area contributed by atoms with Gasteiger partial charge in [0.25, 0.3) is 0 Å². The van der Waals surface area contributed by atoms with Crippen LogP contribution in [0.25, 0.3) is 0 Å². The molecule has 1 saturated heterocycles. The molecule has 3 nitrogen and oxygen atoms in total. The Morgan fingerprint density at radius 1 is 1.38 bits per heavy atom. The lowest BCUT2D eigenvalue weighted by molar-refractivity contribution is -0.199. The molecule has 0 bridgehead atoms. The normalized spacial score (nSPS) is 24.0. The van der Waals surface area contributed by atoms with Gasteiger partial charge in [0.15, 0.2) is 0 Å². The number of nitrogens with zero attached hydrogens (tertiary/aromatic N) is 1. The maximum atomic E-state index is 12.9. The molecule has 2 N–H and O–H groups in total. The van der Waals surface area contributed by atoms with Crippen molar-refractivity contribution in [3.05, 3.63) is 29.8 Å². The van der Waals surface area contributed by atoms with Gasteiger partial charge in [-0.05, 0) is 43.1 Å². The van der Waals surface area contributed by atoms with E-state index in [-0.39, 0.29) is 13.0 Å². The van der Waals surface area contributed by atoms with Gasteiger partial charge in [-0.1, -0.05) is 12.1 Å². The zero-order chi connectivity index (χ0) is 15.5. The molecule has 21 heavy (non-hydrogen) atoms. The number of nitrogens with two attached hydrogens (primary N) is 1. The summed E-state index contributed by atoms with van der Waals surface area (Å²) < 4.78 is 44.0. The van der Waals surface area contributed by atoms with Gasteiger partial charge < -0.3 is 10.5 Å². The van der Waals surface area contributed by atoms with Crippen molar-refractivity contribution >= 4 is 0 Å². The van der Waals surface area contributed by atoms with Crippen molar-refractivity contribution in [2.24, 2.45) is 17.6 Å². The van der Waals surface area contributed by atoms with Crippen molar-refractivity contribution in [3.8, 4) is 5.75 Å². The van der Waals surface area contributed by atoms with Crippen LogP contribution >= 0.6 is 0 Å². The van der Waals surface area contributed by atoms with Gasteiger partial charge in [-0.3, -0.25) is 4.90 Å². The first-order valence-electron chi connectivity index (χ1n) is 7.06. The Labute approximate surface area is 122 Å². The standard InChI is InChI=1S/C15H21F3N2O/c1-21-13-4-2-3-11(7-13)9-20-6-5-14(15(16,17)18)12(8-19)10-20/h2-4,7,12,14H,5-6,8-10,19H2,1H3. The van der Waals surface area contributed by atoms with Crippen LogP contribution in [0.15, 0.2) is 24.3 Å². The minimum absolute atomic E-state index is 0.0682. The second kappa shape index (κ2) is 6.66. The number of hydrogen-bond acceptors (Lipinski definition) is 3. The average molecular weight is 302 g/mol. The van der Waals surface area contributed by atoms with Crippen LogP contribution in [0.3, 0.4) is 0 Å². The van der Waals surface area contributed by atoms with E-state index in [1.165, 1.54) is 0 Å². The van der Waals surface area contributed by atoms with Crippen LogP contribution < -0.4 is 10.5 Å². The minimum Gasteiger partial charge on any atom is -0.497 e. The van der Waals surface area contributed by atoms with Gasteiger partial charge in [0, 0.05) is 13.1 Å². The van der Waals surface area contributed by atoms with Gasteiger partial charge in [-0.2, -0.15) is 13.2 Å². The van der Waals surface area contributed by atoms with Crippen LogP contribution in [0.1, 0.15) is 12.0 Å². The Bertz CT molecular complexity index is 464. The van der Waals surface area contributed by atoms with Gasteiger partial charge in [0.2, 0.25) is 0 Å². The summed E-state index contributed by atoms with van der Waals surface area (Å²) in [4.78, 5) is 2.04. The van der Waals surface area contributed by atoms with Gasteiger partial charge in [0.05, 0.1) is 13.0 Å². The lowest BCUT2D eigenvalue weighted by atomic mass is 9.85. The summed E-state index contributed by atoms with van der Waals surface area (Å²) in [6, 6.07) is 7.60. The molecule has 2 unspecified atom stereocenters. The predicted octanol–water partition coefficient (Wildman–Crippen LogP) is 2.65. The SMILES string of the molecule is COc1cccc(CN2CCC(C(F)(F)F)C(CN)C2)c1. The summed E-state index contributed by atoms with van der Waals surface area (Å²) >= 11 is 0. The fourth-order valence-corrected chi connectivity index (χ4v) is 2.95. The molecule has 1 aliphatic rings. The molecule has 2 rings (SSSR count). The first-order valence-corrected chi connectivity index (χ1v) is 7.06. The van der Waals surface area contributed by atoms with Gasteiger partial charge in [0.1, 0.15) is 5.75 Å². The Morgan fingerprint density at radius 3 is 2.76 bits per heavy atom. The Morgan fingerprint density at radius 2 is 2.14 bits per heavy atom. The molecule has 0 saturated carbocycles. The molecule has 6 heteroatoms. The maximum Gasteiger partial charge on any atom is 0.392 e. The topological polar surface area (TPSA) is 38.5 Å². The minimum atomic E-state index is -4.15. The number of hydrogen-bond donors (Lipinski definition) is 1. The van der Waals surface area contributed by atoms with Gasteiger partial charge in [-0.15, -0.1) is 0 Å². The molecule has 0 aliphatic carbocycles. The van der Waals surface area contributed by atoms with E-state index in [1.54, 1.807) is 7.11 Å². The largest absolute Gasteiger partial charge is 0.497 e. The van der Waals surface area contributed by atoms with Crippen LogP contribution in [-0.2, 0) is 6.54 Å². The van der Waals surface area contributed by atoms with E-state index in [1.807, 2.05) is 29.2 Å². The zero-order valence-corrected chi connectivity index (χ0v) is 12.1. The predicted molar refractivity (Wildman–Crippen MR) is 75.0 cm³/mol. The van der Waals surface area contributed by atoms with E-state index >= 15 is 0 Å². The van der Waals surface area contributed by atoms with E-state index in [2.05, 4.69) is 0 Å². The Balaban J connectivity index is 2.00. The number of piperidine rings is 1. The van der Waals surface area contributed by atoms with Crippen LogP contribution in [0.5, 0.6) is 5.75 Å². The fourth-order valence-electron chi connectivity index (χ4n) is 2.95. The van der Waals surface area contributed by atoms with Crippen molar-refractivity contribution in [3.63, 3.8) is 0 Å². The highest BCUT2D eigenvalue weighted by atomic mass is 19.4. The monoisotopic (exact) mass is 302 g/mol. The summed E-state index contributed by atoms with van der Waals surface area (Å²) in [5, 5.41) is 0. The highest BCUT2D eigenvalue weighted by molar-refractivity contribution is 5.28. The third kappa shape index (κ3) is 4.11. The molecule has 1 aromatic rings. The molecular weight excluding hydrogens is 281 g/mol. The molecule has 0 radical (unpaired) electrons. The first kappa shape index (κ1) is 16.1. The quantitative estimate of drug-likeness (QED) is 0.929. The number of halogens is 3. The summed E-state index contributed by atoms with van der Waals surface area (Å²) in [5.74, 6) is -1.04. The number of benzene rings is 1. The molecule has 0 spiro atoms. The van der Waals surface area contributed by atoms with Crippen LogP contribution in [0.4, 0.5) is 13.2 Å². The van der Waals surface area contributed by atoms with Crippen LogP contribution in [0, 0.1) is 11.8 Å². The van der Waals surface area contributed by atoms with Crippen molar-refractivity contribution < 1.29 is 17.9 Å². The number of likely N-dealkylation sites (tertiary alicyclic amines) is 1. The molecule has 1 fully saturated rings. The van der Waals surface area contributed by atoms with E-state index in [4.69, 9.17) is 10.5 Å². The summed E-state index contributed by atoms with van der Waals surface area (Å²) in [5.41, 5.74) is 6.58. The molecule has 0 aromatic heterocycles. The van der Waals surface area contributed by atoms with Gasteiger partial charge >= 0.3 is 6.18 Å². The molecule has 1 aromatic carbocycles. The Kier molecular flexibility index (Phi) is 5.11. The fraction of sp³-hybridized carbons (Fsp3) is 0.600. The molecule has 1 heterocycles. The van der Waals surface area contributed by atoms with Crippen molar-refractivity contribution in [2.75, 3.05) is 26.7 Å². The van der Waals surface area contributed by atoms with Gasteiger partial charge in [-0.25, -0.2) is 0 Å². The number of methoxy groups -OCH3 is 1. The van der Waals surface area contributed by atoms with Crippen molar-refractivity contribution in [1.29, 1.82) is 0 Å². The second-order valence-corrected chi connectivity index (χ2v) is 5.52. The highest BCUT2D eigenvalue weighted by Gasteiger charge is 2.46. The number of rotatable bonds is 4. The Hall–Kier alpha value is -1.27. The highest BCUT2D eigenvalue weighted by Crippen LogP contribution is 2.37. The third-order valence-corrected chi connectivity index (χ3v) is 4.08. The molecule has 2 atom stereocenters. The van der Waals surface area contributed by atoms with Crippen molar-refractivity contribution in [2.45, 2.75) is 19.1 Å². The second-order valence-electron chi connectivity index (χ2n) is 5.52. The molecule has 0 amide bonds. The van der Waals surface area contributed by atoms with Crippen LogP contribution in [-0.4, -0.2) is 37.8 Å². The number of ether oxygens (including phenoxy) is 1. The number of alkyl halides is 3. The third-order valence-electron chi connectivity index (χ3n) is 4.08. The molecule has 1 aliphatic heterocycles. The first-order chi connectivity index (χ1) is 9.94. The summed E-state index contributed by atoms with van der Waals surface area (Å²) in [6.07, 6.45) is -4.03. The summed E-state index contributed by atoms with van der Waals surface area (Å²) in [6.45, 7) is 1.52. The van der Waals surface area contributed by atoms with E-state index in [0.717, 1.165) is 11.3 Å². The van der Waals surface area contributed by atoms with E-state index < -0.39 is 18.0 Å².